The maximum atomic E-state index is 14.0. The lowest BCUT2D eigenvalue weighted by molar-refractivity contribution is 0.621. The molecule has 0 aliphatic carbocycles. The summed E-state index contributed by atoms with van der Waals surface area (Å²) in [7, 11) is 0. The Kier molecular flexibility index (Phi) is 3.53. The van der Waals surface area contributed by atoms with E-state index >= 15 is 0 Å². The molecule has 0 aromatic carbocycles. The van der Waals surface area contributed by atoms with Crippen LogP contribution in [0, 0.1) is 5.82 Å². The first kappa shape index (κ1) is 14.5. The summed E-state index contributed by atoms with van der Waals surface area (Å²) in [6, 6.07) is 4.83. The van der Waals surface area contributed by atoms with Crippen LogP contribution in [0.15, 0.2) is 49.2 Å². The number of pyridine rings is 1. The topological polar surface area (TPSA) is 60.9 Å². The Balaban J connectivity index is 1.78. The summed E-state index contributed by atoms with van der Waals surface area (Å²) in [6.07, 6.45) is 9.50. The Bertz CT molecular complexity index is 1000. The number of imidazole rings is 2. The van der Waals surface area contributed by atoms with Gasteiger partial charge in [-0.1, -0.05) is 6.92 Å². The van der Waals surface area contributed by atoms with Gasteiger partial charge in [-0.15, -0.1) is 0 Å². The van der Waals surface area contributed by atoms with Crippen LogP contribution < -0.4 is 0 Å². The number of aryl methyl sites for hydroxylation is 1. The zero-order chi connectivity index (χ0) is 16.5. The number of nitrogens with zero attached hydrogens (tertiary/aromatic N) is 6. The van der Waals surface area contributed by atoms with Gasteiger partial charge in [-0.05, 0) is 24.6 Å². The summed E-state index contributed by atoms with van der Waals surface area (Å²) in [6.45, 7) is 2.56. The van der Waals surface area contributed by atoms with Crippen LogP contribution in [0.3, 0.4) is 0 Å². The van der Waals surface area contributed by atoms with Gasteiger partial charge in [0.15, 0.2) is 11.6 Å². The smallest absolute Gasteiger partial charge is 0.234 e. The Hall–Kier alpha value is -3.09. The molecule has 4 heterocycles. The summed E-state index contributed by atoms with van der Waals surface area (Å²) < 4.78 is 17.9. The summed E-state index contributed by atoms with van der Waals surface area (Å²) >= 11 is 0. The molecule has 4 rings (SSSR count). The summed E-state index contributed by atoms with van der Waals surface area (Å²) in [5.74, 6) is 0.757. The van der Waals surface area contributed by atoms with Crippen molar-refractivity contribution < 1.29 is 4.39 Å². The van der Waals surface area contributed by atoms with Crippen molar-refractivity contribution in [1.29, 1.82) is 0 Å². The van der Waals surface area contributed by atoms with Crippen molar-refractivity contribution in [3.05, 3.63) is 66.4 Å². The zero-order valence-electron chi connectivity index (χ0n) is 13.1. The maximum Gasteiger partial charge on any atom is 0.234 e. The second kappa shape index (κ2) is 5.84. The number of hydrogen-bond acceptors (Lipinski definition) is 4. The molecule has 0 saturated heterocycles. The van der Waals surface area contributed by atoms with Gasteiger partial charge in [-0.2, -0.15) is 0 Å². The number of fused-ring (bicyclic) bond motifs is 1. The van der Waals surface area contributed by atoms with E-state index in [0.717, 1.165) is 17.8 Å². The molecule has 0 radical (unpaired) electrons. The van der Waals surface area contributed by atoms with Gasteiger partial charge in [-0.3, -0.25) is 4.40 Å². The molecule has 0 bridgehead atoms. The minimum atomic E-state index is -0.391. The third kappa shape index (κ3) is 2.34. The first-order chi connectivity index (χ1) is 11.8. The highest BCUT2D eigenvalue weighted by molar-refractivity contribution is 5.50. The molecule has 0 atom stereocenters. The molecule has 24 heavy (non-hydrogen) atoms. The van der Waals surface area contributed by atoms with Crippen molar-refractivity contribution in [1.82, 2.24) is 28.9 Å². The number of rotatable bonds is 4. The van der Waals surface area contributed by atoms with E-state index in [-0.39, 0.29) is 5.69 Å². The quantitative estimate of drug-likeness (QED) is 0.579. The van der Waals surface area contributed by atoms with E-state index in [1.165, 1.54) is 6.07 Å². The van der Waals surface area contributed by atoms with Crippen molar-refractivity contribution in [3.8, 4) is 11.5 Å². The monoisotopic (exact) mass is 322 g/mol. The van der Waals surface area contributed by atoms with Gasteiger partial charge in [0.1, 0.15) is 5.69 Å². The second-order valence-corrected chi connectivity index (χ2v) is 5.36. The van der Waals surface area contributed by atoms with Crippen molar-refractivity contribution in [2.75, 3.05) is 0 Å². The van der Waals surface area contributed by atoms with E-state index in [1.807, 2.05) is 21.2 Å². The van der Waals surface area contributed by atoms with Gasteiger partial charge < -0.3 is 4.57 Å². The van der Waals surface area contributed by atoms with Gasteiger partial charge in [0.05, 0.1) is 12.2 Å². The average molecular weight is 322 g/mol. The van der Waals surface area contributed by atoms with Gasteiger partial charge in [0, 0.05) is 36.7 Å². The molecular weight excluding hydrogens is 307 g/mol. The molecule has 120 valence electrons. The molecule has 0 aliphatic rings. The van der Waals surface area contributed by atoms with Crippen LogP contribution in [0.2, 0.25) is 0 Å². The Morgan fingerprint density at radius 3 is 2.75 bits per heavy atom. The number of hydrogen-bond donors (Lipinski definition) is 0. The van der Waals surface area contributed by atoms with Crippen LogP contribution in [0.25, 0.3) is 17.3 Å². The van der Waals surface area contributed by atoms with Gasteiger partial charge in [-0.25, -0.2) is 24.3 Å². The molecule has 0 N–H and O–H groups in total. The molecule has 4 aromatic rings. The highest BCUT2D eigenvalue weighted by atomic mass is 19.1. The fourth-order valence-corrected chi connectivity index (χ4v) is 2.85. The highest BCUT2D eigenvalue weighted by Crippen LogP contribution is 2.20. The van der Waals surface area contributed by atoms with Crippen LogP contribution in [-0.4, -0.2) is 28.9 Å². The van der Waals surface area contributed by atoms with Gasteiger partial charge in [0.2, 0.25) is 5.78 Å². The van der Waals surface area contributed by atoms with Crippen LogP contribution in [0.5, 0.6) is 0 Å². The number of aromatic nitrogens is 6. The molecule has 0 unspecified atom stereocenters. The predicted octanol–water partition coefficient (Wildman–Crippen LogP) is 2.74. The first-order valence-corrected chi connectivity index (χ1v) is 7.70. The maximum absolute atomic E-state index is 14.0. The zero-order valence-corrected chi connectivity index (χ0v) is 13.1. The molecule has 0 saturated carbocycles. The lowest BCUT2D eigenvalue weighted by Crippen LogP contribution is -2.06. The Morgan fingerprint density at radius 2 is 1.92 bits per heavy atom. The predicted molar refractivity (Wildman–Crippen MR) is 86.9 cm³/mol. The molecule has 0 fully saturated rings. The third-order valence-electron chi connectivity index (χ3n) is 3.93. The van der Waals surface area contributed by atoms with E-state index in [0.29, 0.717) is 18.1 Å². The lowest BCUT2D eigenvalue weighted by Gasteiger charge is -2.08. The van der Waals surface area contributed by atoms with Crippen LogP contribution >= 0.6 is 0 Å². The molecule has 7 heteroatoms. The first-order valence-electron chi connectivity index (χ1n) is 7.70. The van der Waals surface area contributed by atoms with Crippen molar-refractivity contribution in [2.24, 2.45) is 0 Å². The Morgan fingerprint density at radius 1 is 1.04 bits per heavy atom. The standard InChI is InChI=1S/C17H15FN6/c1-2-14-13(22-17-21-7-4-9-24(14)17)11-23-10-8-20-16(23)15-12(18)5-3-6-19-15/h3-10H,2,11H2,1H3. The van der Waals surface area contributed by atoms with Gasteiger partial charge >= 0.3 is 0 Å². The fraction of sp³-hybridized carbons (Fsp3) is 0.176. The van der Waals surface area contributed by atoms with E-state index in [2.05, 4.69) is 26.9 Å². The van der Waals surface area contributed by atoms with Crippen LogP contribution in [-0.2, 0) is 13.0 Å². The van der Waals surface area contributed by atoms with Crippen molar-refractivity contribution >= 4 is 5.78 Å². The van der Waals surface area contributed by atoms with Crippen LogP contribution in [0.4, 0.5) is 4.39 Å². The molecule has 0 spiro atoms. The van der Waals surface area contributed by atoms with Gasteiger partial charge in [0.25, 0.3) is 0 Å². The largest absolute Gasteiger partial charge is 0.324 e. The van der Waals surface area contributed by atoms with E-state index in [1.54, 1.807) is 30.9 Å². The van der Waals surface area contributed by atoms with E-state index in [4.69, 9.17) is 0 Å². The minimum absolute atomic E-state index is 0.238. The van der Waals surface area contributed by atoms with E-state index < -0.39 is 5.82 Å². The minimum Gasteiger partial charge on any atom is -0.324 e. The molecule has 0 amide bonds. The fourth-order valence-electron chi connectivity index (χ4n) is 2.85. The second-order valence-electron chi connectivity index (χ2n) is 5.36. The summed E-state index contributed by atoms with van der Waals surface area (Å²) in [5, 5.41) is 0. The average Bonchev–Trinajstić information content (AvgIpc) is 3.19. The third-order valence-corrected chi connectivity index (χ3v) is 3.93. The molecular formula is C17H15FN6. The summed E-state index contributed by atoms with van der Waals surface area (Å²) in [5.41, 5.74) is 2.22. The molecule has 4 aromatic heterocycles. The molecule has 6 nitrogen and oxygen atoms in total. The van der Waals surface area contributed by atoms with Crippen LogP contribution in [0.1, 0.15) is 18.3 Å². The molecule has 0 aliphatic heterocycles. The van der Waals surface area contributed by atoms with Crippen molar-refractivity contribution in [2.45, 2.75) is 19.9 Å². The SMILES string of the molecule is CCc1c(Cn2ccnc2-c2ncccc2F)nc2ncccn12. The highest BCUT2D eigenvalue weighted by Gasteiger charge is 2.16. The number of halogens is 1. The van der Waals surface area contributed by atoms with Crippen molar-refractivity contribution in [3.63, 3.8) is 0 Å². The van der Waals surface area contributed by atoms with E-state index in [9.17, 15) is 4.39 Å². The Labute approximate surface area is 137 Å². The lowest BCUT2D eigenvalue weighted by atomic mass is 10.2. The normalized spacial score (nSPS) is 11.2. The summed E-state index contributed by atoms with van der Waals surface area (Å²) in [4.78, 5) is 17.3.